The van der Waals surface area contributed by atoms with Crippen LogP contribution in [-0.4, -0.2) is 12.0 Å². The summed E-state index contributed by atoms with van der Waals surface area (Å²) in [4.78, 5) is 11.2. The van der Waals surface area contributed by atoms with Gasteiger partial charge in [-0.2, -0.15) is 8.78 Å². The Balaban J connectivity index is 2.25. The third-order valence-electron chi connectivity index (χ3n) is 3.56. The van der Waals surface area contributed by atoms with Crippen LogP contribution in [0.5, 0.6) is 5.75 Å². The first-order valence-electron chi connectivity index (χ1n) is 6.59. The summed E-state index contributed by atoms with van der Waals surface area (Å²) in [6, 6.07) is 1.67. The molecule has 0 unspecified atom stereocenters. The van der Waals surface area contributed by atoms with Crippen molar-refractivity contribution in [2.75, 3.05) is 5.32 Å². The molecule has 1 aliphatic rings. The van der Waals surface area contributed by atoms with Crippen molar-refractivity contribution in [3.05, 3.63) is 46.8 Å². The molecule has 3 rings (SSSR count). The molecule has 0 radical (unpaired) electrons. The number of carbonyl (C=O) groups is 1. The Hall–Kier alpha value is -2.78. The van der Waals surface area contributed by atoms with E-state index in [1.54, 1.807) is 5.32 Å². The fraction of sp³-hybridized carbons (Fsp3) is 0.133. The van der Waals surface area contributed by atoms with Gasteiger partial charge < -0.3 is 10.1 Å². The van der Waals surface area contributed by atoms with E-state index in [-0.39, 0.29) is 5.56 Å². The molecule has 0 fully saturated rings. The van der Waals surface area contributed by atoms with Gasteiger partial charge in [0.1, 0.15) is 0 Å². The number of hydrogen-bond acceptors (Lipinski definition) is 2. The summed E-state index contributed by atoms with van der Waals surface area (Å²) >= 11 is 0. The molecule has 0 bridgehead atoms. The zero-order valence-corrected chi connectivity index (χ0v) is 12.1. The normalized spacial score (nSPS) is 15.4. The number of fused-ring (bicyclic) bond motifs is 1. The van der Waals surface area contributed by atoms with Crippen LogP contribution in [0.1, 0.15) is 5.56 Å². The van der Waals surface area contributed by atoms with Crippen LogP contribution in [-0.2, 0) is 4.79 Å². The molecule has 1 amide bonds. The van der Waals surface area contributed by atoms with Crippen LogP contribution in [0.25, 0.3) is 11.1 Å². The van der Waals surface area contributed by atoms with Crippen LogP contribution < -0.4 is 10.1 Å². The Bertz CT molecular complexity index is 898. The van der Waals surface area contributed by atoms with Gasteiger partial charge in [-0.25, -0.2) is 22.0 Å². The second-order valence-electron chi connectivity index (χ2n) is 5.18. The van der Waals surface area contributed by atoms with E-state index in [4.69, 9.17) is 0 Å². The summed E-state index contributed by atoms with van der Waals surface area (Å²) in [5.41, 5.74) is -2.25. The quantitative estimate of drug-likeness (QED) is 0.465. The summed E-state index contributed by atoms with van der Waals surface area (Å²) in [7, 11) is 0. The molecule has 0 saturated carbocycles. The van der Waals surface area contributed by atoms with Gasteiger partial charge in [-0.15, -0.1) is 0 Å². The number of amides is 1. The lowest BCUT2D eigenvalue weighted by Gasteiger charge is -2.26. The first-order valence-corrected chi connectivity index (χ1v) is 6.59. The van der Waals surface area contributed by atoms with Crippen molar-refractivity contribution in [2.24, 2.45) is 0 Å². The molecule has 25 heavy (non-hydrogen) atoms. The molecular formula is C15H6F7NO2. The summed E-state index contributed by atoms with van der Waals surface area (Å²) in [5.74, 6) is -13.2. The van der Waals surface area contributed by atoms with E-state index in [2.05, 4.69) is 4.74 Å². The van der Waals surface area contributed by atoms with Crippen LogP contribution in [0, 0.1) is 36.0 Å². The van der Waals surface area contributed by atoms with Crippen molar-refractivity contribution in [3.8, 4) is 16.9 Å². The smallest absolute Gasteiger partial charge is 0.423 e. The molecule has 0 atom stereocenters. The standard InChI is InChI=1S/C15H6F7NO2/c1-4-2-7-6(23-14(24)15(21,22)25-7)3-5(4)8-9(16)11(18)13(20)12(19)10(8)17/h2-3H,1H3,(H,23,24). The molecule has 1 N–H and O–H groups in total. The molecular weight excluding hydrogens is 359 g/mol. The highest BCUT2D eigenvalue weighted by molar-refractivity contribution is 5.99. The average molecular weight is 365 g/mol. The number of nitrogens with one attached hydrogen (secondary N) is 1. The SMILES string of the molecule is Cc1cc2c(cc1-c1c(F)c(F)c(F)c(F)c1F)NC(=O)C(F)(F)O2. The molecule has 0 aromatic heterocycles. The molecule has 1 aliphatic heterocycles. The van der Waals surface area contributed by atoms with Crippen molar-refractivity contribution in [2.45, 2.75) is 13.0 Å². The highest BCUT2D eigenvalue weighted by Gasteiger charge is 2.46. The highest BCUT2D eigenvalue weighted by atomic mass is 19.3. The Morgan fingerprint density at radius 3 is 2.00 bits per heavy atom. The van der Waals surface area contributed by atoms with Crippen molar-refractivity contribution in [1.82, 2.24) is 0 Å². The van der Waals surface area contributed by atoms with Gasteiger partial charge in [-0.1, -0.05) is 0 Å². The van der Waals surface area contributed by atoms with Crippen molar-refractivity contribution < 1.29 is 40.3 Å². The average Bonchev–Trinajstić information content (AvgIpc) is 2.53. The number of aryl methyl sites for hydroxylation is 1. The number of alkyl halides is 2. The maximum atomic E-state index is 13.9. The van der Waals surface area contributed by atoms with Gasteiger partial charge in [-0.3, -0.25) is 4.79 Å². The minimum Gasteiger partial charge on any atom is -0.423 e. The third-order valence-corrected chi connectivity index (χ3v) is 3.56. The molecule has 2 aromatic carbocycles. The predicted molar refractivity (Wildman–Crippen MR) is 70.6 cm³/mol. The first-order chi connectivity index (χ1) is 11.5. The minimum atomic E-state index is -4.16. The lowest BCUT2D eigenvalue weighted by molar-refractivity contribution is -0.189. The molecule has 2 aromatic rings. The number of carbonyl (C=O) groups excluding carboxylic acids is 1. The number of ether oxygens (including phenoxy) is 1. The maximum Gasteiger partial charge on any atom is 0.482 e. The van der Waals surface area contributed by atoms with E-state index < -0.39 is 63.7 Å². The van der Waals surface area contributed by atoms with E-state index in [1.165, 1.54) is 6.92 Å². The molecule has 1 heterocycles. The van der Waals surface area contributed by atoms with E-state index in [0.717, 1.165) is 12.1 Å². The second kappa shape index (κ2) is 5.36. The first kappa shape index (κ1) is 17.1. The Labute approximate surface area is 135 Å². The predicted octanol–water partition coefficient (Wildman–Crippen LogP) is 4.28. The van der Waals surface area contributed by atoms with E-state index in [9.17, 15) is 35.5 Å². The number of benzene rings is 2. The summed E-state index contributed by atoms with van der Waals surface area (Å²) < 4.78 is 98.4. The van der Waals surface area contributed by atoms with Crippen molar-refractivity contribution in [3.63, 3.8) is 0 Å². The van der Waals surface area contributed by atoms with Crippen LogP contribution in [0.15, 0.2) is 12.1 Å². The third kappa shape index (κ3) is 2.48. The Kier molecular flexibility index (Phi) is 3.66. The maximum absolute atomic E-state index is 13.9. The zero-order chi connectivity index (χ0) is 18.7. The Morgan fingerprint density at radius 1 is 0.920 bits per heavy atom. The summed E-state index contributed by atoms with van der Waals surface area (Å²) in [5, 5.41) is 1.75. The highest BCUT2D eigenvalue weighted by Crippen LogP contribution is 2.42. The van der Waals surface area contributed by atoms with Crippen LogP contribution >= 0.6 is 0 Å². The number of halogens is 7. The van der Waals surface area contributed by atoms with Gasteiger partial charge in [0.15, 0.2) is 29.0 Å². The van der Waals surface area contributed by atoms with E-state index in [1.807, 2.05) is 0 Å². The lowest BCUT2D eigenvalue weighted by atomic mass is 9.97. The van der Waals surface area contributed by atoms with Gasteiger partial charge in [0, 0.05) is 0 Å². The zero-order valence-electron chi connectivity index (χ0n) is 12.1. The molecule has 0 aliphatic carbocycles. The van der Waals surface area contributed by atoms with Gasteiger partial charge in [0.05, 0.1) is 11.3 Å². The van der Waals surface area contributed by atoms with E-state index >= 15 is 0 Å². The number of anilines is 1. The van der Waals surface area contributed by atoms with Gasteiger partial charge in [-0.05, 0) is 30.2 Å². The van der Waals surface area contributed by atoms with Crippen LogP contribution in [0.2, 0.25) is 0 Å². The fourth-order valence-corrected chi connectivity index (χ4v) is 2.35. The molecule has 132 valence electrons. The largest absolute Gasteiger partial charge is 0.482 e. The summed E-state index contributed by atoms with van der Waals surface area (Å²) in [6.07, 6.45) is -4.16. The fourth-order valence-electron chi connectivity index (χ4n) is 2.35. The lowest BCUT2D eigenvalue weighted by Crippen LogP contribution is -2.43. The Morgan fingerprint density at radius 2 is 1.44 bits per heavy atom. The van der Waals surface area contributed by atoms with Crippen molar-refractivity contribution in [1.29, 1.82) is 0 Å². The van der Waals surface area contributed by atoms with Gasteiger partial charge in [0.25, 0.3) is 0 Å². The molecule has 3 nitrogen and oxygen atoms in total. The number of rotatable bonds is 1. The van der Waals surface area contributed by atoms with Gasteiger partial charge >= 0.3 is 12.0 Å². The second-order valence-corrected chi connectivity index (χ2v) is 5.18. The molecule has 0 saturated heterocycles. The molecule has 10 heteroatoms. The van der Waals surface area contributed by atoms with Crippen LogP contribution in [0.3, 0.4) is 0 Å². The number of hydrogen-bond donors (Lipinski definition) is 1. The summed E-state index contributed by atoms with van der Waals surface area (Å²) in [6.45, 7) is 1.19. The monoisotopic (exact) mass is 365 g/mol. The topological polar surface area (TPSA) is 38.3 Å². The van der Waals surface area contributed by atoms with E-state index in [0.29, 0.717) is 0 Å². The van der Waals surface area contributed by atoms with Gasteiger partial charge in [0.2, 0.25) is 5.82 Å². The molecule has 0 spiro atoms. The minimum absolute atomic E-state index is 0.117. The van der Waals surface area contributed by atoms with Crippen molar-refractivity contribution >= 4 is 11.6 Å². The van der Waals surface area contributed by atoms with Crippen LogP contribution in [0.4, 0.5) is 36.4 Å².